The van der Waals surface area contributed by atoms with Gasteiger partial charge in [-0.15, -0.1) is 0 Å². The number of fused-ring (bicyclic) bond motifs is 4. The van der Waals surface area contributed by atoms with Crippen LogP contribution in [0.5, 0.6) is 0 Å². The van der Waals surface area contributed by atoms with Crippen molar-refractivity contribution >= 4 is 18.3 Å². The van der Waals surface area contributed by atoms with E-state index in [2.05, 4.69) is 9.05 Å². The Morgan fingerprint density at radius 2 is 0.600 bits per heavy atom. The smallest absolute Gasteiger partial charge is 0.192 e. The molecule has 45 heavy (non-hydrogen) atoms. The third-order valence-electron chi connectivity index (χ3n) is 6.92. The molecule has 0 unspecified atom stereocenters. The molecule has 0 aromatic heterocycles. The van der Waals surface area contributed by atoms with Gasteiger partial charge in [-0.2, -0.15) is 96.9 Å². The fraction of sp³-hybridized carbons (Fsp3) is 0.455. The highest BCUT2D eigenvalue weighted by Gasteiger charge is 2.98. The van der Waals surface area contributed by atoms with Gasteiger partial charge in [-0.1, -0.05) is 36.4 Å². The summed E-state index contributed by atoms with van der Waals surface area (Å²) in [7, 11) is -6.80. The average Bonchev–Trinajstić information content (AvgIpc) is 3.34. The Kier molecular flexibility index (Phi) is 7.25. The lowest BCUT2D eigenvalue weighted by atomic mass is 9.80. The van der Waals surface area contributed by atoms with Crippen molar-refractivity contribution < 1.29 is 96.9 Å². The average molecular weight is 715 g/mol. The summed E-state index contributed by atoms with van der Waals surface area (Å²) in [5.74, 6) is -30.2. The number of rotatable bonds is 4. The van der Waals surface area contributed by atoms with Crippen molar-refractivity contribution in [2.45, 2.75) is 59.6 Å². The molecule has 4 rings (SSSR count). The lowest BCUT2D eigenvalue weighted by Crippen LogP contribution is -2.68. The molecule has 0 bridgehead atoms. The molecule has 1 spiro atoms. The molecular formula is C22H8F20O2P+. The number of hydrogen-bond acceptors (Lipinski definition) is 2. The first-order valence-electron chi connectivity index (χ1n) is 11.2. The molecule has 0 aliphatic carbocycles. The molecule has 0 radical (unpaired) electrons. The Bertz CT molecular complexity index is 1320. The first kappa shape index (κ1) is 35.2. The molecule has 252 valence electrons. The Hall–Kier alpha value is -2.61. The molecule has 0 saturated carbocycles. The summed E-state index contributed by atoms with van der Waals surface area (Å²) in [5.41, 5.74) is -18.6. The summed E-state index contributed by atoms with van der Waals surface area (Å²) in [6.07, 6.45) is -30.1. The molecule has 2 aliphatic rings. The van der Waals surface area contributed by atoms with Gasteiger partial charge < -0.3 is 0 Å². The van der Waals surface area contributed by atoms with Gasteiger partial charge in [0.15, 0.2) is 10.6 Å². The highest BCUT2D eigenvalue weighted by molar-refractivity contribution is 7.82. The number of halogens is 20. The molecule has 0 N–H and O–H groups in total. The third-order valence-corrected chi connectivity index (χ3v) is 10.0. The zero-order valence-electron chi connectivity index (χ0n) is 20.4. The van der Waals surface area contributed by atoms with Gasteiger partial charge in [0.1, 0.15) is 0 Å². The molecule has 0 amide bonds. The van der Waals surface area contributed by atoms with E-state index in [0.29, 0.717) is 12.1 Å². The minimum atomic E-state index is -7.55. The van der Waals surface area contributed by atoms with E-state index >= 15 is 35.1 Å². The summed E-state index contributed by atoms with van der Waals surface area (Å²) >= 11 is 0. The molecular weight excluding hydrogens is 707 g/mol. The summed E-state index contributed by atoms with van der Waals surface area (Å²) in [4.78, 5) is 0. The fourth-order valence-electron chi connectivity index (χ4n) is 4.98. The van der Waals surface area contributed by atoms with Gasteiger partial charge >= 0.3 is 56.1 Å². The van der Waals surface area contributed by atoms with Crippen molar-refractivity contribution in [3.8, 4) is 0 Å². The molecule has 2 aromatic rings. The molecule has 0 atom stereocenters. The molecule has 2 aliphatic heterocycles. The van der Waals surface area contributed by atoms with E-state index in [-0.39, 0.29) is 24.3 Å². The number of alkyl halides is 20. The van der Waals surface area contributed by atoms with Crippen LogP contribution in [0.3, 0.4) is 0 Å². The van der Waals surface area contributed by atoms with E-state index in [1.165, 1.54) is 0 Å². The predicted molar refractivity (Wildman–Crippen MR) is 109 cm³/mol. The van der Waals surface area contributed by atoms with Crippen LogP contribution in [0.2, 0.25) is 0 Å². The highest BCUT2D eigenvalue weighted by Crippen LogP contribution is 2.83. The van der Waals surface area contributed by atoms with Gasteiger partial charge in [-0.25, -0.2) is 0 Å². The number of benzene rings is 2. The topological polar surface area (TPSA) is 18.5 Å². The van der Waals surface area contributed by atoms with Gasteiger partial charge in [0, 0.05) is 11.1 Å². The van der Waals surface area contributed by atoms with Crippen LogP contribution in [0.4, 0.5) is 87.8 Å². The molecule has 23 heteroatoms. The van der Waals surface area contributed by atoms with Crippen LogP contribution in [0, 0.1) is 0 Å². The normalized spacial score (nSPS) is 20.4. The van der Waals surface area contributed by atoms with Crippen LogP contribution in [0.15, 0.2) is 48.5 Å². The lowest BCUT2D eigenvalue weighted by Gasteiger charge is -2.42. The van der Waals surface area contributed by atoms with Gasteiger partial charge in [-0.05, 0) is 12.1 Å². The minimum Gasteiger partial charge on any atom is -0.192 e. The lowest BCUT2D eigenvalue weighted by molar-refractivity contribution is -0.428. The first-order chi connectivity index (χ1) is 19.9. The van der Waals surface area contributed by atoms with Crippen LogP contribution in [-0.4, -0.2) is 48.4 Å². The maximum atomic E-state index is 15.1. The van der Waals surface area contributed by atoms with Gasteiger partial charge in [-0.3, -0.25) is 0 Å². The van der Waals surface area contributed by atoms with E-state index in [0.717, 1.165) is 0 Å². The monoisotopic (exact) mass is 715 g/mol. The van der Waals surface area contributed by atoms with E-state index in [9.17, 15) is 52.7 Å². The van der Waals surface area contributed by atoms with Crippen molar-refractivity contribution in [2.75, 3.05) is 0 Å². The van der Waals surface area contributed by atoms with Crippen molar-refractivity contribution in [1.29, 1.82) is 0 Å². The van der Waals surface area contributed by atoms with Gasteiger partial charge in [0.25, 0.3) is 11.2 Å². The summed E-state index contributed by atoms with van der Waals surface area (Å²) in [6, 6.07) is 0.00407. The zero-order valence-corrected chi connectivity index (χ0v) is 21.3. The quantitative estimate of drug-likeness (QED) is 0.233. The summed E-state index contributed by atoms with van der Waals surface area (Å²) in [5, 5.41) is -4.19. The van der Waals surface area contributed by atoms with Crippen molar-refractivity contribution in [3.63, 3.8) is 0 Å². The van der Waals surface area contributed by atoms with Gasteiger partial charge in [0.2, 0.25) is 0 Å². The maximum absolute atomic E-state index is 15.1. The Morgan fingerprint density at radius 3 is 0.822 bits per heavy atom. The van der Waals surface area contributed by atoms with E-state index in [1.54, 1.807) is 0 Å². The van der Waals surface area contributed by atoms with Crippen molar-refractivity contribution in [1.82, 2.24) is 0 Å². The second-order valence-electron chi connectivity index (χ2n) is 9.42. The van der Waals surface area contributed by atoms with Crippen LogP contribution in [0.25, 0.3) is 0 Å². The first-order valence-corrected chi connectivity index (χ1v) is 12.8. The molecule has 0 fully saturated rings. The molecule has 0 saturated heterocycles. The zero-order chi connectivity index (χ0) is 34.9. The van der Waals surface area contributed by atoms with E-state index in [1.807, 2.05) is 0 Å². The van der Waals surface area contributed by atoms with Crippen molar-refractivity contribution in [2.24, 2.45) is 0 Å². The van der Waals surface area contributed by atoms with Gasteiger partial charge in [0.05, 0.1) is 0 Å². The molecule has 2 aromatic carbocycles. The van der Waals surface area contributed by atoms with Crippen molar-refractivity contribution in [3.05, 3.63) is 59.7 Å². The van der Waals surface area contributed by atoms with E-state index in [4.69, 9.17) is 0 Å². The highest BCUT2D eigenvalue weighted by atomic mass is 31.2. The molecule has 2 heterocycles. The van der Waals surface area contributed by atoms with E-state index < -0.39 is 101 Å². The minimum absolute atomic E-state index is 0.103. The Morgan fingerprint density at radius 1 is 0.378 bits per heavy atom. The van der Waals surface area contributed by atoms with Crippen LogP contribution in [0.1, 0.15) is 11.1 Å². The second kappa shape index (κ2) is 9.26. The Balaban J connectivity index is 2.28. The van der Waals surface area contributed by atoms with Crippen LogP contribution < -0.4 is 10.6 Å². The number of hydrogen-bond donors (Lipinski definition) is 0. The SMILES string of the molecule is FC(F)(F)C(F)(F)C1(C(F)(F)C(F)(F)F)O[P+]2(OC(C(F)(F)C(F)(F)F)(C(F)(F)C(F)(F)F)c3ccccc32)c2ccccc21. The van der Waals surface area contributed by atoms with Crippen LogP contribution >= 0.6 is 7.72 Å². The largest absolute Gasteiger partial charge is 0.457 e. The third kappa shape index (κ3) is 3.96. The van der Waals surface area contributed by atoms with Crippen LogP contribution in [-0.2, 0) is 20.2 Å². The maximum Gasteiger partial charge on any atom is 0.457 e. The summed E-state index contributed by atoms with van der Waals surface area (Å²) < 4.78 is 293. The fourth-order valence-corrected chi connectivity index (χ4v) is 8.76. The molecule has 2 nitrogen and oxygen atoms in total. The standard InChI is InChI=1S/C22H8F20O2P/c23-15(24,19(31,32)33)13(16(25,26)20(34,35)36)9-5-1-3-7-11(9)45(43-13)12-8-4-2-6-10(12)14(44-45,17(27,28)21(37,38)39)18(29,30)22(40,41)42/h1-8H/q+1. The second-order valence-corrected chi connectivity index (χ2v) is 11.9. The predicted octanol–water partition coefficient (Wildman–Crippen LogP) is 8.73. The summed E-state index contributed by atoms with van der Waals surface area (Å²) in [6.45, 7) is 0. The Labute approximate surface area is 235 Å².